The van der Waals surface area contributed by atoms with Crippen LogP contribution in [0.5, 0.6) is 0 Å². The highest BCUT2D eigenvalue weighted by Crippen LogP contribution is 2.26. The number of hydrogen-bond acceptors (Lipinski definition) is 7. The third-order valence-electron chi connectivity index (χ3n) is 4.04. The number of ether oxygens (including phenoxy) is 1. The smallest absolute Gasteiger partial charge is 0.223 e. The van der Waals surface area contributed by atoms with Crippen molar-refractivity contribution >= 4 is 17.6 Å². The van der Waals surface area contributed by atoms with Crippen molar-refractivity contribution in [2.45, 2.75) is 19.9 Å². The molecule has 0 saturated carbocycles. The topological polar surface area (TPSA) is 89.2 Å². The van der Waals surface area contributed by atoms with Crippen LogP contribution in [0.2, 0.25) is 0 Å². The summed E-state index contributed by atoms with van der Waals surface area (Å²) < 4.78 is 5.40. The molecule has 0 spiro atoms. The van der Waals surface area contributed by atoms with E-state index < -0.39 is 0 Å². The summed E-state index contributed by atoms with van der Waals surface area (Å²) in [5.74, 6) is 2.16. The molecule has 1 aliphatic rings. The molecule has 7 heteroatoms. The molecule has 7 nitrogen and oxygen atoms in total. The van der Waals surface area contributed by atoms with Gasteiger partial charge in [0.2, 0.25) is 5.95 Å². The third kappa shape index (κ3) is 3.91. The normalized spacial score (nSPS) is 16.2. The Hall–Kier alpha value is -2.41. The molecule has 0 amide bonds. The van der Waals surface area contributed by atoms with E-state index in [9.17, 15) is 0 Å². The second-order valence-corrected chi connectivity index (χ2v) is 6.19. The maximum atomic E-state index is 5.92. The lowest BCUT2D eigenvalue weighted by atomic mass is 10.0. The van der Waals surface area contributed by atoms with Crippen LogP contribution in [-0.4, -0.2) is 41.3 Å². The lowest BCUT2D eigenvalue weighted by Crippen LogP contribution is -2.37. The van der Waals surface area contributed by atoms with Gasteiger partial charge in [-0.2, -0.15) is 9.97 Å². The van der Waals surface area contributed by atoms with Crippen molar-refractivity contribution in [3.8, 4) is 0 Å². The van der Waals surface area contributed by atoms with Crippen LogP contribution in [0.3, 0.4) is 0 Å². The first-order valence-electron chi connectivity index (χ1n) is 8.28. The van der Waals surface area contributed by atoms with Crippen LogP contribution >= 0.6 is 0 Å². The van der Waals surface area contributed by atoms with E-state index in [2.05, 4.69) is 39.0 Å². The molecule has 3 heterocycles. The molecule has 0 aromatic carbocycles. The molecule has 0 unspecified atom stereocenters. The first kappa shape index (κ1) is 16.4. The number of nitrogen functional groups attached to an aromatic ring is 1. The lowest BCUT2D eigenvalue weighted by molar-refractivity contribution is 0.122. The predicted molar refractivity (Wildman–Crippen MR) is 94.9 cm³/mol. The van der Waals surface area contributed by atoms with Gasteiger partial charge in [0.25, 0.3) is 0 Å². The summed E-state index contributed by atoms with van der Waals surface area (Å²) in [6.45, 7) is 7.33. The van der Waals surface area contributed by atoms with Crippen molar-refractivity contribution in [2.75, 3.05) is 42.3 Å². The molecule has 2 aromatic heterocycles. The monoisotopic (exact) mass is 328 g/mol. The SMILES string of the molecule is CC(C)[C@H](Nc1cc(N2CCOCC2)nc(N)n1)c1ccccn1. The number of rotatable bonds is 5. The zero-order chi connectivity index (χ0) is 16.9. The number of nitrogens with one attached hydrogen (secondary N) is 1. The average Bonchev–Trinajstić information content (AvgIpc) is 2.60. The number of pyridine rings is 1. The largest absolute Gasteiger partial charge is 0.378 e. The van der Waals surface area contributed by atoms with E-state index in [1.54, 1.807) is 6.20 Å². The van der Waals surface area contributed by atoms with E-state index in [1.165, 1.54) is 0 Å². The molecule has 1 fully saturated rings. The Morgan fingerprint density at radius 3 is 2.67 bits per heavy atom. The number of hydrogen-bond donors (Lipinski definition) is 2. The predicted octanol–water partition coefficient (Wildman–Crippen LogP) is 2.10. The molecular weight excluding hydrogens is 304 g/mol. The van der Waals surface area contributed by atoms with Crippen molar-refractivity contribution in [2.24, 2.45) is 5.92 Å². The van der Waals surface area contributed by atoms with Gasteiger partial charge in [0, 0.05) is 25.4 Å². The van der Waals surface area contributed by atoms with Gasteiger partial charge in [0.15, 0.2) is 0 Å². The van der Waals surface area contributed by atoms with E-state index in [-0.39, 0.29) is 12.0 Å². The molecule has 1 atom stereocenters. The highest BCUT2D eigenvalue weighted by molar-refractivity contribution is 5.53. The Labute approximate surface area is 142 Å². The molecule has 3 N–H and O–H groups in total. The van der Waals surface area contributed by atoms with Crippen molar-refractivity contribution < 1.29 is 4.74 Å². The summed E-state index contributed by atoms with van der Waals surface area (Å²) in [6, 6.07) is 7.93. The second kappa shape index (κ2) is 7.44. The van der Waals surface area contributed by atoms with Gasteiger partial charge in [-0.3, -0.25) is 4.98 Å². The molecule has 128 valence electrons. The minimum Gasteiger partial charge on any atom is -0.378 e. The van der Waals surface area contributed by atoms with Crippen molar-refractivity contribution in [1.29, 1.82) is 0 Å². The van der Waals surface area contributed by atoms with Gasteiger partial charge in [-0.25, -0.2) is 0 Å². The van der Waals surface area contributed by atoms with Crippen LogP contribution in [0.15, 0.2) is 30.5 Å². The Kier molecular flexibility index (Phi) is 5.10. The third-order valence-corrected chi connectivity index (χ3v) is 4.04. The molecular formula is C17H24N6O. The number of nitrogens with two attached hydrogens (primary N) is 1. The highest BCUT2D eigenvalue weighted by atomic mass is 16.5. The molecule has 1 aliphatic heterocycles. The summed E-state index contributed by atoms with van der Waals surface area (Å²) in [7, 11) is 0. The van der Waals surface area contributed by atoms with E-state index >= 15 is 0 Å². The zero-order valence-corrected chi connectivity index (χ0v) is 14.1. The van der Waals surface area contributed by atoms with Crippen molar-refractivity contribution in [3.63, 3.8) is 0 Å². The second-order valence-electron chi connectivity index (χ2n) is 6.19. The first-order valence-corrected chi connectivity index (χ1v) is 8.28. The number of aromatic nitrogens is 3. The Balaban J connectivity index is 1.84. The minimum absolute atomic E-state index is 0.0537. The summed E-state index contributed by atoms with van der Waals surface area (Å²) in [6.07, 6.45) is 1.81. The molecule has 0 aliphatic carbocycles. The summed E-state index contributed by atoms with van der Waals surface area (Å²) in [5.41, 5.74) is 6.90. The standard InChI is InChI=1S/C17H24N6O/c1-12(2)16(13-5-3-4-6-19-13)20-14-11-15(22-17(18)21-14)23-7-9-24-10-8-23/h3-6,11-12,16H,7-10H2,1-2H3,(H3,18,20,21,22)/t16-/m0/s1. The fraction of sp³-hybridized carbons (Fsp3) is 0.471. The maximum Gasteiger partial charge on any atom is 0.223 e. The first-order chi connectivity index (χ1) is 11.6. The number of nitrogens with zero attached hydrogens (tertiary/aromatic N) is 4. The van der Waals surface area contributed by atoms with Crippen LogP contribution in [0.4, 0.5) is 17.6 Å². The minimum atomic E-state index is 0.0537. The fourth-order valence-corrected chi connectivity index (χ4v) is 2.78. The summed E-state index contributed by atoms with van der Waals surface area (Å²) in [4.78, 5) is 15.3. The zero-order valence-electron chi connectivity index (χ0n) is 14.1. The van der Waals surface area contributed by atoms with Crippen LogP contribution in [0, 0.1) is 5.92 Å². The van der Waals surface area contributed by atoms with Gasteiger partial charge >= 0.3 is 0 Å². The van der Waals surface area contributed by atoms with E-state index in [0.717, 1.165) is 24.6 Å². The summed E-state index contributed by atoms with van der Waals surface area (Å²) in [5, 5.41) is 3.46. The van der Waals surface area contributed by atoms with Gasteiger partial charge in [-0.1, -0.05) is 19.9 Å². The number of anilines is 3. The molecule has 0 radical (unpaired) electrons. The Morgan fingerprint density at radius 1 is 1.21 bits per heavy atom. The van der Waals surface area contributed by atoms with E-state index in [0.29, 0.717) is 24.9 Å². The fourth-order valence-electron chi connectivity index (χ4n) is 2.78. The van der Waals surface area contributed by atoms with Gasteiger partial charge in [0.05, 0.1) is 24.9 Å². The number of morpholine rings is 1. The van der Waals surface area contributed by atoms with Crippen LogP contribution in [0.1, 0.15) is 25.6 Å². The van der Waals surface area contributed by atoms with Gasteiger partial charge in [-0.05, 0) is 18.1 Å². The molecule has 1 saturated heterocycles. The Bertz CT molecular complexity index is 657. The quantitative estimate of drug-likeness (QED) is 0.868. The van der Waals surface area contributed by atoms with E-state index in [4.69, 9.17) is 10.5 Å². The molecule has 2 aromatic rings. The molecule has 24 heavy (non-hydrogen) atoms. The van der Waals surface area contributed by atoms with Gasteiger partial charge < -0.3 is 20.7 Å². The highest BCUT2D eigenvalue weighted by Gasteiger charge is 2.19. The average molecular weight is 328 g/mol. The Morgan fingerprint density at radius 2 is 2.00 bits per heavy atom. The van der Waals surface area contributed by atoms with Crippen molar-refractivity contribution in [3.05, 3.63) is 36.2 Å². The van der Waals surface area contributed by atoms with Gasteiger partial charge in [0.1, 0.15) is 11.6 Å². The summed E-state index contributed by atoms with van der Waals surface area (Å²) >= 11 is 0. The van der Waals surface area contributed by atoms with Crippen LogP contribution in [-0.2, 0) is 4.74 Å². The van der Waals surface area contributed by atoms with Crippen LogP contribution in [0.25, 0.3) is 0 Å². The molecule has 0 bridgehead atoms. The van der Waals surface area contributed by atoms with Crippen molar-refractivity contribution in [1.82, 2.24) is 15.0 Å². The van der Waals surface area contributed by atoms with E-state index in [1.807, 2.05) is 24.3 Å². The lowest BCUT2D eigenvalue weighted by Gasteiger charge is -2.28. The maximum absolute atomic E-state index is 5.92. The van der Waals surface area contributed by atoms with Crippen LogP contribution < -0.4 is 16.0 Å². The van der Waals surface area contributed by atoms with Gasteiger partial charge in [-0.15, -0.1) is 0 Å². The molecule has 3 rings (SSSR count).